The van der Waals surface area contributed by atoms with Crippen LogP contribution in [0.5, 0.6) is 0 Å². The van der Waals surface area contributed by atoms with Crippen LogP contribution in [0, 0.1) is 58.2 Å². The third-order valence-electron chi connectivity index (χ3n) is 11.0. The van der Waals surface area contributed by atoms with E-state index in [0.717, 1.165) is 18.8 Å². The van der Waals surface area contributed by atoms with Gasteiger partial charge in [0, 0.05) is 25.2 Å². The minimum absolute atomic E-state index is 0.0143. The van der Waals surface area contributed by atoms with Crippen molar-refractivity contribution < 1.29 is 9.59 Å². The molecule has 0 aromatic rings. The second-order valence-corrected chi connectivity index (χ2v) is 12.6. The largest absolute Gasteiger partial charge is 0.300 e. The SMILES string of the molecule is CCC(/C=C/C(C)C1CCC2C3CC(=O)C4CC(=O)CCC4(C)C3CCC12C)C(C)C. The van der Waals surface area contributed by atoms with Crippen LogP contribution in [0.1, 0.15) is 99.3 Å². The van der Waals surface area contributed by atoms with E-state index in [1.807, 2.05) is 0 Å². The highest BCUT2D eigenvalue weighted by molar-refractivity contribution is 5.90. The fourth-order valence-electron chi connectivity index (χ4n) is 9.02. The monoisotopic (exact) mass is 426 g/mol. The number of hydrogen-bond acceptors (Lipinski definition) is 2. The molecule has 0 spiro atoms. The summed E-state index contributed by atoms with van der Waals surface area (Å²) in [5, 5.41) is 0. The molecular weight excluding hydrogens is 380 g/mol. The van der Waals surface area contributed by atoms with Gasteiger partial charge in [0.05, 0.1) is 0 Å². The van der Waals surface area contributed by atoms with Crippen LogP contribution in [0.2, 0.25) is 0 Å². The van der Waals surface area contributed by atoms with Crippen molar-refractivity contribution in [2.75, 3.05) is 0 Å². The quantitative estimate of drug-likeness (QED) is 0.433. The molecule has 2 heteroatoms. The van der Waals surface area contributed by atoms with Gasteiger partial charge in [-0.05, 0) is 90.8 Å². The molecule has 0 saturated heterocycles. The molecule has 4 aliphatic carbocycles. The van der Waals surface area contributed by atoms with Gasteiger partial charge in [-0.25, -0.2) is 0 Å². The minimum Gasteiger partial charge on any atom is -0.300 e. The first kappa shape index (κ1) is 23.2. The number of ketones is 2. The Morgan fingerprint density at radius 1 is 0.935 bits per heavy atom. The minimum atomic E-state index is 0.0143. The maximum Gasteiger partial charge on any atom is 0.137 e. The summed E-state index contributed by atoms with van der Waals surface area (Å²) in [6.07, 6.45) is 14.4. The number of fused-ring (bicyclic) bond motifs is 5. The highest BCUT2D eigenvalue weighted by Gasteiger charge is 2.62. The normalized spacial score (nSPS) is 44.8. The molecule has 4 rings (SSSR count). The number of hydrogen-bond donors (Lipinski definition) is 0. The lowest BCUT2D eigenvalue weighted by atomic mass is 9.44. The van der Waals surface area contributed by atoms with Crippen LogP contribution >= 0.6 is 0 Å². The van der Waals surface area contributed by atoms with Gasteiger partial charge >= 0.3 is 0 Å². The van der Waals surface area contributed by atoms with E-state index in [0.29, 0.717) is 65.3 Å². The highest BCUT2D eigenvalue weighted by atomic mass is 16.1. The first-order chi connectivity index (χ1) is 14.6. The Morgan fingerprint density at radius 3 is 2.32 bits per heavy atom. The average Bonchev–Trinajstić information content (AvgIpc) is 3.07. The van der Waals surface area contributed by atoms with Crippen LogP contribution < -0.4 is 0 Å². The summed E-state index contributed by atoms with van der Waals surface area (Å²) in [5.74, 6) is 5.41. The van der Waals surface area contributed by atoms with E-state index >= 15 is 0 Å². The Hall–Kier alpha value is -0.920. The molecule has 0 heterocycles. The van der Waals surface area contributed by atoms with Gasteiger partial charge in [-0.1, -0.05) is 53.7 Å². The summed E-state index contributed by atoms with van der Waals surface area (Å²) in [7, 11) is 0. The summed E-state index contributed by atoms with van der Waals surface area (Å²) < 4.78 is 0. The summed E-state index contributed by atoms with van der Waals surface area (Å²) in [6, 6.07) is 0. The van der Waals surface area contributed by atoms with E-state index in [2.05, 4.69) is 53.7 Å². The van der Waals surface area contributed by atoms with Gasteiger partial charge in [-0.15, -0.1) is 0 Å². The van der Waals surface area contributed by atoms with Crippen molar-refractivity contribution in [1.29, 1.82) is 0 Å². The molecule has 0 bridgehead atoms. The second-order valence-electron chi connectivity index (χ2n) is 12.6. The Morgan fingerprint density at radius 2 is 1.65 bits per heavy atom. The number of carbonyl (C=O) groups excluding carboxylic acids is 2. The van der Waals surface area contributed by atoms with Crippen LogP contribution in [0.4, 0.5) is 0 Å². The van der Waals surface area contributed by atoms with Gasteiger partial charge in [0.2, 0.25) is 0 Å². The van der Waals surface area contributed by atoms with Gasteiger partial charge < -0.3 is 0 Å². The van der Waals surface area contributed by atoms with Crippen molar-refractivity contribution in [3.8, 4) is 0 Å². The van der Waals surface area contributed by atoms with Gasteiger partial charge in [0.1, 0.15) is 11.6 Å². The molecule has 4 saturated carbocycles. The Bertz CT molecular complexity index is 735. The molecule has 0 amide bonds. The number of allylic oxidation sites excluding steroid dienone is 2. The Kier molecular flexibility index (Phi) is 6.34. The lowest BCUT2D eigenvalue weighted by Gasteiger charge is -2.59. The number of Topliss-reactive ketones (excluding diaryl/α,β-unsaturated/α-hetero) is 2. The summed E-state index contributed by atoms with van der Waals surface area (Å²) in [5.41, 5.74) is 0.447. The maximum atomic E-state index is 13.3. The molecule has 0 radical (unpaired) electrons. The standard InChI is InChI=1S/C29H46O2/c1-7-20(18(2)3)9-8-19(4)23-10-11-24-22-17-27(31)26-16-21(30)12-14-29(26,6)25(22)13-15-28(23,24)5/h8-9,18-20,22-26H,7,10-17H2,1-6H3/b9-8+. The second kappa shape index (κ2) is 8.45. The molecule has 2 nitrogen and oxygen atoms in total. The van der Waals surface area contributed by atoms with Crippen molar-refractivity contribution in [3.63, 3.8) is 0 Å². The lowest BCUT2D eigenvalue weighted by molar-refractivity contribution is -0.158. The van der Waals surface area contributed by atoms with E-state index in [4.69, 9.17) is 0 Å². The van der Waals surface area contributed by atoms with Crippen molar-refractivity contribution in [1.82, 2.24) is 0 Å². The zero-order valence-corrected chi connectivity index (χ0v) is 21.0. The molecule has 0 aromatic carbocycles. The van der Waals surface area contributed by atoms with Crippen LogP contribution in [-0.4, -0.2) is 11.6 Å². The molecule has 0 aromatic heterocycles. The average molecular weight is 427 g/mol. The molecule has 0 N–H and O–H groups in total. The van der Waals surface area contributed by atoms with Gasteiger partial charge in [0.15, 0.2) is 0 Å². The maximum absolute atomic E-state index is 13.3. The molecule has 4 aliphatic rings. The molecule has 9 unspecified atom stereocenters. The zero-order valence-electron chi connectivity index (χ0n) is 21.0. The third-order valence-corrected chi connectivity index (χ3v) is 11.0. The van der Waals surface area contributed by atoms with Crippen LogP contribution in [-0.2, 0) is 9.59 Å². The van der Waals surface area contributed by atoms with E-state index in [9.17, 15) is 9.59 Å². The predicted octanol–water partition coefficient (Wildman–Crippen LogP) is 7.27. The van der Waals surface area contributed by atoms with E-state index < -0.39 is 0 Å². The molecule has 0 aliphatic heterocycles. The lowest BCUT2D eigenvalue weighted by Crippen LogP contribution is -2.56. The molecule has 9 atom stereocenters. The predicted molar refractivity (Wildman–Crippen MR) is 128 cm³/mol. The summed E-state index contributed by atoms with van der Waals surface area (Å²) in [6.45, 7) is 14.4. The summed E-state index contributed by atoms with van der Waals surface area (Å²) >= 11 is 0. The first-order valence-electron chi connectivity index (χ1n) is 13.3. The van der Waals surface area contributed by atoms with E-state index in [-0.39, 0.29) is 11.3 Å². The zero-order chi connectivity index (χ0) is 22.6. The van der Waals surface area contributed by atoms with E-state index in [1.54, 1.807) is 0 Å². The topological polar surface area (TPSA) is 34.1 Å². The Labute approximate surface area is 191 Å². The smallest absolute Gasteiger partial charge is 0.137 e. The van der Waals surface area contributed by atoms with Crippen molar-refractivity contribution in [3.05, 3.63) is 12.2 Å². The Balaban J connectivity index is 1.54. The van der Waals surface area contributed by atoms with Crippen LogP contribution in [0.15, 0.2) is 12.2 Å². The van der Waals surface area contributed by atoms with Crippen LogP contribution in [0.25, 0.3) is 0 Å². The van der Waals surface area contributed by atoms with Gasteiger partial charge in [0.25, 0.3) is 0 Å². The molecular formula is C29H46O2. The highest BCUT2D eigenvalue weighted by Crippen LogP contribution is 2.67. The van der Waals surface area contributed by atoms with Gasteiger partial charge in [-0.3, -0.25) is 9.59 Å². The fraction of sp³-hybridized carbons (Fsp3) is 0.862. The van der Waals surface area contributed by atoms with Crippen molar-refractivity contribution in [2.45, 2.75) is 99.3 Å². The fourth-order valence-corrected chi connectivity index (χ4v) is 9.02. The number of carbonyl (C=O) groups is 2. The van der Waals surface area contributed by atoms with E-state index in [1.165, 1.54) is 32.1 Å². The van der Waals surface area contributed by atoms with Gasteiger partial charge in [-0.2, -0.15) is 0 Å². The first-order valence-corrected chi connectivity index (χ1v) is 13.3. The molecule has 31 heavy (non-hydrogen) atoms. The molecule has 4 fully saturated rings. The van der Waals surface area contributed by atoms with Crippen LogP contribution in [0.3, 0.4) is 0 Å². The number of rotatable bonds is 5. The molecule has 174 valence electrons. The third kappa shape index (κ3) is 3.78. The summed E-state index contributed by atoms with van der Waals surface area (Å²) in [4.78, 5) is 25.4. The van der Waals surface area contributed by atoms with Crippen molar-refractivity contribution in [2.24, 2.45) is 58.2 Å². The van der Waals surface area contributed by atoms with Crippen molar-refractivity contribution >= 4 is 11.6 Å².